The van der Waals surface area contributed by atoms with E-state index in [1.165, 1.54) is 12.3 Å². The molecular weight excluding hydrogens is 185 g/mol. The van der Waals surface area contributed by atoms with Crippen LogP contribution in [-0.4, -0.2) is 34.5 Å². The van der Waals surface area contributed by atoms with Crippen LogP contribution in [0.2, 0.25) is 0 Å². The Morgan fingerprint density at radius 2 is 2.29 bits per heavy atom. The first-order valence-corrected chi connectivity index (χ1v) is 4.20. The topological polar surface area (TPSA) is 79.7 Å². The molecule has 0 bridgehead atoms. The Bertz CT molecular complexity index is 380. The zero-order chi connectivity index (χ0) is 10.1. The van der Waals surface area contributed by atoms with Crippen molar-refractivity contribution in [2.45, 2.75) is 6.42 Å². The normalized spacial score (nSPS) is 14.6. The van der Waals surface area contributed by atoms with Gasteiger partial charge in [0.15, 0.2) is 5.78 Å². The van der Waals surface area contributed by atoms with Crippen LogP contribution in [0.3, 0.4) is 0 Å². The van der Waals surface area contributed by atoms with E-state index in [2.05, 4.69) is 4.98 Å². The third kappa shape index (κ3) is 1.49. The van der Waals surface area contributed by atoms with Gasteiger partial charge in [0.2, 0.25) is 5.88 Å². The van der Waals surface area contributed by atoms with E-state index in [1.807, 2.05) is 0 Å². The van der Waals surface area contributed by atoms with Crippen LogP contribution >= 0.6 is 0 Å². The van der Waals surface area contributed by atoms with E-state index in [0.29, 0.717) is 18.6 Å². The van der Waals surface area contributed by atoms with Crippen LogP contribution in [-0.2, 0) is 0 Å². The number of carbonyl (C=O) groups is 1. The molecule has 0 fully saturated rings. The highest BCUT2D eigenvalue weighted by Gasteiger charge is 2.22. The van der Waals surface area contributed by atoms with Gasteiger partial charge in [0.25, 0.3) is 0 Å². The van der Waals surface area contributed by atoms with Crippen molar-refractivity contribution in [3.05, 3.63) is 17.8 Å². The Hall–Kier alpha value is -1.40. The van der Waals surface area contributed by atoms with Gasteiger partial charge < -0.3 is 14.8 Å². The lowest BCUT2D eigenvalue weighted by Gasteiger charge is -2.15. The second kappa shape index (κ2) is 3.40. The molecule has 0 spiro atoms. The number of ketones is 1. The van der Waals surface area contributed by atoms with Crippen molar-refractivity contribution in [3.63, 3.8) is 0 Å². The molecule has 2 rings (SSSR count). The minimum absolute atomic E-state index is 0.0822. The summed E-state index contributed by atoms with van der Waals surface area (Å²) in [5.74, 6) is 0.187. The van der Waals surface area contributed by atoms with Crippen molar-refractivity contribution in [3.8, 4) is 5.88 Å². The van der Waals surface area contributed by atoms with E-state index < -0.39 is 7.12 Å². The van der Waals surface area contributed by atoms with E-state index >= 15 is 0 Å². The molecule has 1 aliphatic rings. The summed E-state index contributed by atoms with van der Waals surface area (Å²) in [5, 5.41) is 17.7. The van der Waals surface area contributed by atoms with Crippen LogP contribution in [0.15, 0.2) is 12.3 Å². The molecule has 6 heteroatoms. The highest BCUT2D eigenvalue weighted by Crippen LogP contribution is 2.19. The highest BCUT2D eigenvalue weighted by molar-refractivity contribution is 6.58. The number of pyridine rings is 1. The number of hydrogen-bond acceptors (Lipinski definition) is 5. The molecule has 14 heavy (non-hydrogen) atoms. The molecule has 1 aliphatic heterocycles. The molecule has 0 unspecified atom stereocenters. The fourth-order valence-electron chi connectivity index (χ4n) is 1.30. The van der Waals surface area contributed by atoms with Crippen molar-refractivity contribution < 1.29 is 19.6 Å². The molecule has 0 aromatic carbocycles. The van der Waals surface area contributed by atoms with Crippen molar-refractivity contribution >= 4 is 18.4 Å². The van der Waals surface area contributed by atoms with Crippen LogP contribution in [0, 0.1) is 0 Å². The fourth-order valence-corrected chi connectivity index (χ4v) is 1.30. The Morgan fingerprint density at radius 1 is 1.50 bits per heavy atom. The van der Waals surface area contributed by atoms with E-state index in [4.69, 9.17) is 14.8 Å². The van der Waals surface area contributed by atoms with Gasteiger partial charge in [-0.15, -0.1) is 0 Å². The van der Waals surface area contributed by atoms with Gasteiger partial charge in [-0.2, -0.15) is 0 Å². The Balaban J connectivity index is 2.46. The first kappa shape index (κ1) is 9.17. The summed E-state index contributed by atoms with van der Waals surface area (Å²) in [6.45, 7) is 0.333. The predicted octanol–water partition coefficient (Wildman–Crippen LogP) is -1.27. The van der Waals surface area contributed by atoms with Gasteiger partial charge >= 0.3 is 7.12 Å². The number of rotatable bonds is 1. The Kier molecular flexibility index (Phi) is 2.22. The molecule has 2 heterocycles. The summed E-state index contributed by atoms with van der Waals surface area (Å²) in [6.07, 6.45) is 1.59. The summed E-state index contributed by atoms with van der Waals surface area (Å²) >= 11 is 0. The maximum absolute atomic E-state index is 11.4. The Morgan fingerprint density at radius 3 is 3.00 bits per heavy atom. The first-order valence-electron chi connectivity index (χ1n) is 4.20. The molecule has 5 nitrogen and oxygen atoms in total. The van der Waals surface area contributed by atoms with Gasteiger partial charge in [-0.1, -0.05) is 0 Å². The van der Waals surface area contributed by atoms with E-state index in [1.54, 1.807) is 0 Å². The second-order valence-corrected chi connectivity index (χ2v) is 3.02. The van der Waals surface area contributed by atoms with Gasteiger partial charge in [0, 0.05) is 18.1 Å². The third-order valence-corrected chi connectivity index (χ3v) is 2.04. The average molecular weight is 193 g/mol. The van der Waals surface area contributed by atoms with Gasteiger partial charge in [-0.3, -0.25) is 4.79 Å². The van der Waals surface area contributed by atoms with E-state index in [9.17, 15) is 4.79 Å². The molecule has 0 atom stereocenters. The predicted molar refractivity (Wildman–Crippen MR) is 48.5 cm³/mol. The number of fused-ring (bicyclic) bond motifs is 1. The van der Waals surface area contributed by atoms with Crippen LogP contribution < -0.4 is 10.2 Å². The van der Waals surface area contributed by atoms with Crippen LogP contribution in [0.4, 0.5) is 0 Å². The quantitative estimate of drug-likeness (QED) is 0.543. The van der Waals surface area contributed by atoms with E-state index in [-0.39, 0.29) is 17.1 Å². The largest absolute Gasteiger partial charge is 0.490 e. The summed E-state index contributed by atoms with van der Waals surface area (Å²) < 4.78 is 5.13. The fraction of sp³-hybridized carbons (Fsp3) is 0.250. The third-order valence-electron chi connectivity index (χ3n) is 2.04. The number of carbonyl (C=O) groups excluding carboxylic acids is 1. The molecule has 0 saturated heterocycles. The molecule has 72 valence electrons. The zero-order valence-electron chi connectivity index (χ0n) is 7.30. The SMILES string of the molecule is O=C1CCOc2ncc(B(O)O)cc21. The lowest BCUT2D eigenvalue weighted by atomic mass is 9.80. The molecule has 1 aromatic rings. The lowest BCUT2D eigenvalue weighted by molar-refractivity contribution is 0.0929. The molecule has 0 aliphatic carbocycles. The highest BCUT2D eigenvalue weighted by atomic mass is 16.5. The molecule has 2 N–H and O–H groups in total. The summed E-state index contributed by atoms with van der Waals surface area (Å²) in [6, 6.07) is 1.40. The van der Waals surface area contributed by atoms with Crippen molar-refractivity contribution in [1.29, 1.82) is 0 Å². The van der Waals surface area contributed by atoms with Crippen molar-refractivity contribution in [1.82, 2.24) is 4.98 Å². The standard InChI is InChI=1S/C8H8BNO4/c11-7-1-2-14-8-6(7)3-5(4-10-8)9(12)13/h3-4,12-13H,1-2H2. The maximum atomic E-state index is 11.4. The summed E-state index contributed by atoms with van der Waals surface area (Å²) in [5.41, 5.74) is 0.518. The molecule has 0 saturated carbocycles. The number of Topliss-reactive ketones (excluding diaryl/α,β-unsaturated/α-hetero) is 1. The van der Waals surface area contributed by atoms with Crippen molar-refractivity contribution in [2.75, 3.05) is 6.61 Å². The summed E-state index contributed by atoms with van der Waals surface area (Å²) in [7, 11) is -1.61. The zero-order valence-corrected chi connectivity index (χ0v) is 7.30. The van der Waals surface area contributed by atoms with Crippen LogP contribution in [0.5, 0.6) is 5.88 Å². The van der Waals surface area contributed by atoms with Gasteiger partial charge in [-0.25, -0.2) is 4.98 Å². The molecule has 1 aromatic heterocycles. The average Bonchev–Trinajstić information content (AvgIpc) is 2.18. The number of nitrogens with zero attached hydrogens (tertiary/aromatic N) is 1. The van der Waals surface area contributed by atoms with Crippen LogP contribution in [0.1, 0.15) is 16.8 Å². The lowest BCUT2D eigenvalue weighted by Crippen LogP contribution is -2.32. The second-order valence-electron chi connectivity index (χ2n) is 3.02. The first-order chi connectivity index (χ1) is 6.68. The Labute approximate surface area is 80.5 Å². The molecule has 0 radical (unpaired) electrons. The van der Waals surface area contributed by atoms with Gasteiger partial charge in [-0.05, 0) is 6.07 Å². The minimum atomic E-state index is -1.61. The number of aromatic nitrogens is 1. The van der Waals surface area contributed by atoms with Crippen molar-refractivity contribution in [2.24, 2.45) is 0 Å². The maximum Gasteiger partial charge on any atom is 0.490 e. The molecular formula is C8H8BNO4. The minimum Gasteiger partial charge on any atom is -0.477 e. The van der Waals surface area contributed by atoms with E-state index in [0.717, 1.165) is 0 Å². The number of ether oxygens (including phenoxy) is 1. The monoisotopic (exact) mass is 193 g/mol. The van der Waals surface area contributed by atoms with Gasteiger partial charge in [0.1, 0.15) is 0 Å². The van der Waals surface area contributed by atoms with Crippen LogP contribution in [0.25, 0.3) is 0 Å². The van der Waals surface area contributed by atoms with Gasteiger partial charge in [0.05, 0.1) is 12.2 Å². The number of hydrogen-bond donors (Lipinski definition) is 2. The summed E-state index contributed by atoms with van der Waals surface area (Å²) in [4.78, 5) is 15.2. The smallest absolute Gasteiger partial charge is 0.477 e. The molecule has 0 amide bonds.